The van der Waals surface area contributed by atoms with Gasteiger partial charge in [-0.15, -0.1) is 6.58 Å². The molecule has 1 fully saturated rings. The molecule has 2 nitrogen and oxygen atoms in total. The van der Waals surface area contributed by atoms with Gasteiger partial charge in [-0.3, -0.25) is 4.90 Å². The van der Waals surface area contributed by atoms with Crippen LogP contribution in [0, 0.1) is 5.82 Å². The Labute approximate surface area is 119 Å². The van der Waals surface area contributed by atoms with Crippen LogP contribution >= 0.6 is 11.6 Å². The van der Waals surface area contributed by atoms with Crippen LogP contribution in [0.2, 0.25) is 5.02 Å². The van der Waals surface area contributed by atoms with Gasteiger partial charge in [0.2, 0.25) is 0 Å². The van der Waals surface area contributed by atoms with Gasteiger partial charge in [-0.05, 0) is 25.0 Å². The standard InChI is InChI=1S/C15H20ClFN2/c1-2-3-4-15(19-9-7-18-8-10-19)13-6-5-12(16)11-14(13)17/h2,5-6,11,15,18H,1,3-4,7-10H2/t15-/m0/s1. The minimum absolute atomic E-state index is 0.109. The van der Waals surface area contributed by atoms with Gasteiger partial charge in [0.05, 0.1) is 0 Å². The summed E-state index contributed by atoms with van der Waals surface area (Å²) >= 11 is 5.83. The first-order chi connectivity index (χ1) is 9.22. The van der Waals surface area contributed by atoms with Crippen LogP contribution in [0.15, 0.2) is 30.9 Å². The summed E-state index contributed by atoms with van der Waals surface area (Å²) in [5.74, 6) is -0.208. The molecule has 4 heteroatoms. The predicted molar refractivity (Wildman–Crippen MR) is 78.0 cm³/mol. The van der Waals surface area contributed by atoms with Crippen molar-refractivity contribution in [2.24, 2.45) is 0 Å². The summed E-state index contributed by atoms with van der Waals surface area (Å²) in [5.41, 5.74) is 0.744. The number of halogens is 2. The average Bonchev–Trinajstić information content (AvgIpc) is 2.42. The van der Waals surface area contributed by atoms with Crippen LogP contribution in [0.3, 0.4) is 0 Å². The Morgan fingerprint density at radius 1 is 1.42 bits per heavy atom. The molecule has 1 aromatic rings. The van der Waals surface area contributed by atoms with Crippen LogP contribution < -0.4 is 5.32 Å². The van der Waals surface area contributed by atoms with Crippen molar-refractivity contribution >= 4 is 11.6 Å². The summed E-state index contributed by atoms with van der Waals surface area (Å²) in [6.45, 7) is 7.58. The topological polar surface area (TPSA) is 15.3 Å². The molecule has 1 N–H and O–H groups in total. The molecule has 0 saturated carbocycles. The number of benzene rings is 1. The average molecular weight is 283 g/mol. The molecule has 1 aromatic carbocycles. The molecule has 0 radical (unpaired) electrons. The highest BCUT2D eigenvalue weighted by Gasteiger charge is 2.23. The minimum atomic E-state index is -0.208. The van der Waals surface area contributed by atoms with E-state index in [1.54, 1.807) is 6.07 Å². The number of allylic oxidation sites excluding steroid dienone is 1. The predicted octanol–water partition coefficient (Wildman–Crippen LogP) is 3.39. The molecule has 1 heterocycles. The maximum Gasteiger partial charge on any atom is 0.129 e. The molecular formula is C15H20ClFN2. The maximum absolute atomic E-state index is 14.1. The Morgan fingerprint density at radius 2 is 2.16 bits per heavy atom. The SMILES string of the molecule is C=CCC[C@@H](c1ccc(Cl)cc1F)N1CCNCC1. The third-order valence-corrected chi connectivity index (χ3v) is 3.79. The van der Waals surface area contributed by atoms with Crippen molar-refractivity contribution in [1.82, 2.24) is 10.2 Å². The van der Waals surface area contributed by atoms with Crippen molar-refractivity contribution < 1.29 is 4.39 Å². The number of rotatable bonds is 5. The molecule has 1 aliphatic heterocycles. The first-order valence-corrected chi connectivity index (χ1v) is 7.11. The molecule has 0 unspecified atom stereocenters. The molecule has 2 rings (SSSR count). The Morgan fingerprint density at radius 3 is 2.79 bits per heavy atom. The lowest BCUT2D eigenvalue weighted by Crippen LogP contribution is -2.45. The van der Waals surface area contributed by atoms with Gasteiger partial charge in [0.15, 0.2) is 0 Å². The first-order valence-electron chi connectivity index (χ1n) is 6.73. The van der Waals surface area contributed by atoms with E-state index in [1.807, 2.05) is 12.1 Å². The van der Waals surface area contributed by atoms with Crippen molar-refractivity contribution in [2.75, 3.05) is 26.2 Å². The number of nitrogens with zero attached hydrogens (tertiary/aromatic N) is 1. The third kappa shape index (κ3) is 3.78. The van der Waals surface area contributed by atoms with E-state index >= 15 is 0 Å². The van der Waals surface area contributed by atoms with Crippen molar-refractivity contribution in [2.45, 2.75) is 18.9 Å². The molecule has 104 valence electrons. The molecule has 0 amide bonds. The second-order valence-electron chi connectivity index (χ2n) is 4.83. The lowest BCUT2D eigenvalue weighted by molar-refractivity contribution is 0.163. The Kier molecular flexibility index (Phi) is 5.37. The zero-order chi connectivity index (χ0) is 13.7. The first kappa shape index (κ1) is 14.5. The molecule has 1 atom stereocenters. The summed E-state index contributed by atoms with van der Waals surface area (Å²) in [5, 5.41) is 3.77. The van der Waals surface area contributed by atoms with Gasteiger partial charge in [-0.25, -0.2) is 4.39 Å². The van der Waals surface area contributed by atoms with Crippen LogP contribution in [0.25, 0.3) is 0 Å². The normalized spacial score (nSPS) is 18.2. The summed E-state index contributed by atoms with van der Waals surface area (Å²) in [4.78, 5) is 2.34. The lowest BCUT2D eigenvalue weighted by atomic mass is 9.99. The minimum Gasteiger partial charge on any atom is -0.314 e. The van der Waals surface area contributed by atoms with Crippen LogP contribution in [-0.2, 0) is 0 Å². The van der Waals surface area contributed by atoms with Gasteiger partial charge in [-0.2, -0.15) is 0 Å². The van der Waals surface area contributed by atoms with Crippen LogP contribution in [0.1, 0.15) is 24.4 Å². The van der Waals surface area contributed by atoms with Crippen molar-refractivity contribution in [3.63, 3.8) is 0 Å². The molecule has 0 spiro atoms. The number of hydrogen-bond donors (Lipinski definition) is 1. The molecule has 0 aliphatic carbocycles. The van der Waals surface area contributed by atoms with Crippen LogP contribution in [0.5, 0.6) is 0 Å². The zero-order valence-electron chi connectivity index (χ0n) is 11.0. The summed E-state index contributed by atoms with van der Waals surface area (Å²) in [6, 6.07) is 5.09. The van der Waals surface area contributed by atoms with E-state index in [2.05, 4.69) is 16.8 Å². The van der Waals surface area contributed by atoms with Crippen molar-refractivity contribution in [3.05, 3.63) is 47.3 Å². The quantitative estimate of drug-likeness (QED) is 0.833. The second kappa shape index (κ2) is 7.04. The fourth-order valence-corrected chi connectivity index (χ4v) is 2.73. The lowest BCUT2D eigenvalue weighted by Gasteiger charge is -2.35. The zero-order valence-corrected chi connectivity index (χ0v) is 11.8. The van der Waals surface area contributed by atoms with Gasteiger partial charge in [0, 0.05) is 42.8 Å². The smallest absolute Gasteiger partial charge is 0.129 e. The third-order valence-electron chi connectivity index (χ3n) is 3.56. The van der Waals surface area contributed by atoms with Gasteiger partial charge in [-0.1, -0.05) is 23.7 Å². The van der Waals surface area contributed by atoms with E-state index in [1.165, 1.54) is 6.07 Å². The highest BCUT2D eigenvalue weighted by molar-refractivity contribution is 6.30. The Bertz CT molecular complexity index is 430. The van der Waals surface area contributed by atoms with Crippen LogP contribution in [-0.4, -0.2) is 31.1 Å². The van der Waals surface area contributed by atoms with Gasteiger partial charge in [0.1, 0.15) is 5.82 Å². The van der Waals surface area contributed by atoms with Crippen LogP contribution in [0.4, 0.5) is 4.39 Å². The Hall–Kier alpha value is -0.900. The fourth-order valence-electron chi connectivity index (χ4n) is 2.58. The molecule has 0 aromatic heterocycles. The summed E-state index contributed by atoms with van der Waals surface area (Å²) in [6.07, 6.45) is 3.67. The fraction of sp³-hybridized carbons (Fsp3) is 0.467. The summed E-state index contributed by atoms with van der Waals surface area (Å²) in [7, 11) is 0. The van der Waals surface area contributed by atoms with E-state index in [9.17, 15) is 4.39 Å². The monoisotopic (exact) mass is 282 g/mol. The van der Waals surface area contributed by atoms with Gasteiger partial charge >= 0.3 is 0 Å². The van der Waals surface area contributed by atoms with Gasteiger partial charge in [0.25, 0.3) is 0 Å². The van der Waals surface area contributed by atoms with E-state index < -0.39 is 0 Å². The van der Waals surface area contributed by atoms with Crippen molar-refractivity contribution in [1.29, 1.82) is 0 Å². The molecular weight excluding hydrogens is 263 g/mol. The number of piperazine rings is 1. The van der Waals surface area contributed by atoms with Gasteiger partial charge < -0.3 is 5.32 Å². The van der Waals surface area contributed by atoms with E-state index in [4.69, 9.17) is 11.6 Å². The number of hydrogen-bond acceptors (Lipinski definition) is 2. The van der Waals surface area contributed by atoms with E-state index in [-0.39, 0.29) is 11.9 Å². The molecule has 19 heavy (non-hydrogen) atoms. The summed E-state index contributed by atoms with van der Waals surface area (Å²) < 4.78 is 14.1. The highest BCUT2D eigenvalue weighted by atomic mass is 35.5. The molecule has 1 saturated heterocycles. The number of nitrogens with one attached hydrogen (secondary N) is 1. The largest absolute Gasteiger partial charge is 0.314 e. The highest BCUT2D eigenvalue weighted by Crippen LogP contribution is 2.29. The Balaban J connectivity index is 2.22. The van der Waals surface area contributed by atoms with E-state index in [0.717, 1.165) is 44.6 Å². The molecule has 1 aliphatic rings. The maximum atomic E-state index is 14.1. The van der Waals surface area contributed by atoms with E-state index in [0.29, 0.717) is 5.02 Å². The van der Waals surface area contributed by atoms with Crippen molar-refractivity contribution in [3.8, 4) is 0 Å². The second-order valence-corrected chi connectivity index (χ2v) is 5.27. The molecule has 0 bridgehead atoms.